The molecule has 8 atom stereocenters. The number of carbonyl (C=O) groups excluding carboxylic acids is 1. The lowest BCUT2D eigenvalue weighted by Gasteiger charge is -2.51. The SMILES string of the molecule is CC1=C[C@H]2[C@]3(O)C(C=C(CO)C[C@]2(O)C1=O)[C@@H]1C(C)(C)[C@]1(O)[C@H](O)[C@H]3C. The van der Waals surface area contributed by atoms with E-state index < -0.39 is 57.8 Å². The van der Waals surface area contributed by atoms with Gasteiger partial charge in [0.2, 0.25) is 0 Å². The third-order valence-electron chi connectivity index (χ3n) is 8.04. The van der Waals surface area contributed by atoms with Gasteiger partial charge in [0.1, 0.15) is 11.2 Å². The molecule has 0 bridgehead atoms. The molecule has 26 heavy (non-hydrogen) atoms. The van der Waals surface area contributed by atoms with E-state index in [0.717, 1.165) is 0 Å². The van der Waals surface area contributed by atoms with Crippen molar-refractivity contribution in [3.8, 4) is 0 Å². The van der Waals surface area contributed by atoms with Gasteiger partial charge in [-0.05, 0) is 18.1 Å². The Hall–Kier alpha value is -1.05. The van der Waals surface area contributed by atoms with Gasteiger partial charge >= 0.3 is 0 Å². The van der Waals surface area contributed by atoms with E-state index in [0.29, 0.717) is 11.1 Å². The Morgan fingerprint density at radius 3 is 2.38 bits per heavy atom. The number of fused-ring (bicyclic) bond motifs is 5. The van der Waals surface area contributed by atoms with E-state index >= 15 is 0 Å². The molecule has 5 N–H and O–H groups in total. The van der Waals surface area contributed by atoms with Crippen LogP contribution in [0.4, 0.5) is 0 Å². The lowest BCUT2D eigenvalue weighted by molar-refractivity contribution is -0.209. The highest BCUT2D eigenvalue weighted by Crippen LogP contribution is 2.74. The monoisotopic (exact) mass is 364 g/mol. The van der Waals surface area contributed by atoms with Crippen molar-refractivity contribution in [1.29, 1.82) is 0 Å². The van der Waals surface area contributed by atoms with Crippen LogP contribution >= 0.6 is 0 Å². The first kappa shape index (κ1) is 18.3. The molecule has 2 saturated carbocycles. The molecule has 0 aromatic heterocycles. The zero-order valence-corrected chi connectivity index (χ0v) is 15.6. The van der Waals surface area contributed by atoms with Crippen LogP contribution in [0.15, 0.2) is 23.3 Å². The smallest absolute Gasteiger partial charge is 0.190 e. The first-order valence-electron chi connectivity index (χ1n) is 9.27. The van der Waals surface area contributed by atoms with Gasteiger partial charge in [0, 0.05) is 35.5 Å². The molecular weight excluding hydrogens is 336 g/mol. The van der Waals surface area contributed by atoms with E-state index in [4.69, 9.17) is 0 Å². The van der Waals surface area contributed by atoms with Crippen molar-refractivity contribution in [1.82, 2.24) is 0 Å². The number of aliphatic hydroxyl groups is 5. The maximum atomic E-state index is 12.7. The second-order valence-electron chi connectivity index (χ2n) is 9.41. The molecule has 0 radical (unpaired) electrons. The molecule has 0 aromatic carbocycles. The van der Waals surface area contributed by atoms with Crippen LogP contribution in [-0.4, -0.2) is 60.8 Å². The van der Waals surface area contributed by atoms with Crippen molar-refractivity contribution in [2.45, 2.75) is 57.0 Å². The van der Waals surface area contributed by atoms with Crippen LogP contribution in [0.25, 0.3) is 0 Å². The van der Waals surface area contributed by atoms with Gasteiger partial charge in [0.05, 0.1) is 18.3 Å². The van der Waals surface area contributed by atoms with Crippen LogP contribution in [-0.2, 0) is 4.79 Å². The molecule has 0 aliphatic heterocycles. The topological polar surface area (TPSA) is 118 Å². The summed E-state index contributed by atoms with van der Waals surface area (Å²) in [6.07, 6.45) is 2.08. The Morgan fingerprint density at radius 1 is 1.19 bits per heavy atom. The van der Waals surface area contributed by atoms with Gasteiger partial charge in [-0.15, -0.1) is 0 Å². The van der Waals surface area contributed by atoms with Crippen LogP contribution in [0.3, 0.4) is 0 Å². The number of aliphatic hydroxyl groups excluding tert-OH is 2. The summed E-state index contributed by atoms with van der Waals surface area (Å²) in [4.78, 5) is 12.7. The Labute approximate surface area is 152 Å². The molecule has 1 unspecified atom stereocenters. The fraction of sp³-hybridized carbons (Fsp3) is 0.750. The summed E-state index contributed by atoms with van der Waals surface area (Å²) < 4.78 is 0. The van der Waals surface area contributed by atoms with Crippen molar-refractivity contribution in [2.24, 2.45) is 29.1 Å². The van der Waals surface area contributed by atoms with Crippen molar-refractivity contribution >= 4 is 5.78 Å². The van der Waals surface area contributed by atoms with E-state index in [1.165, 1.54) is 0 Å². The van der Waals surface area contributed by atoms with Crippen LogP contribution in [0.1, 0.15) is 34.1 Å². The van der Waals surface area contributed by atoms with E-state index in [2.05, 4.69) is 0 Å². The van der Waals surface area contributed by atoms with Crippen LogP contribution in [0.2, 0.25) is 0 Å². The Morgan fingerprint density at radius 2 is 1.81 bits per heavy atom. The molecule has 6 heteroatoms. The molecule has 4 rings (SSSR count). The van der Waals surface area contributed by atoms with Gasteiger partial charge in [0.25, 0.3) is 0 Å². The largest absolute Gasteiger partial charge is 0.392 e. The van der Waals surface area contributed by atoms with Gasteiger partial charge in [-0.1, -0.05) is 32.9 Å². The summed E-state index contributed by atoms with van der Waals surface area (Å²) in [6, 6.07) is 0. The normalized spacial score (nSPS) is 54.5. The minimum absolute atomic E-state index is 0.0615. The second-order valence-corrected chi connectivity index (χ2v) is 9.41. The van der Waals surface area contributed by atoms with Gasteiger partial charge in [-0.3, -0.25) is 4.79 Å². The van der Waals surface area contributed by atoms with Crippen molar-refractivity contribution < 1.29 is 30.3 Å². The molecule has 0 aromatic rings. The third kappa shape index (κ3) is 1.69. The van der Waals surface area contributed by atoms with Crippen LogP contribution in [0, 0.1) is 29.1 Å². The maximum absolute atomic E-state index is 12.7. The van der Waals surface area contributed by atoms with Crippen LogP contribution < -0.4 is 0 Å². The highest BCUT2D eigenvalue weighted by atomic mass is 16.4. The fourth-order valence-corrected chi connectivity index (χ4v) is 6.45. The molecule has 144 valence electrons. The van der Waals surface area contributed by atoms with E-state index in [9.17, 15) is 30.3 Å². The molecule has 0 spiro atoms. The Kier molecular flexibility index (Phi) is 3.42. The molecular formula is C20H28O6. The minimum Gasteiger partial charge on any atom is -0.392 e. The highest BCUT2D eigenvalue weighted by molar-refractivity contribution is 6.04. The quantitative estimate of drug-likeness (QED) is 0.416. The van der Waals surface area contributed by atoms with E-state index in [1.807, 2.05) is 13.8 Å². The molecule has 6 nitrogen and oxygen atoms in total. The molecule has 0 saturated heterocycles. The number of hydrogen-bond donors (Lipinski definition) is 5. The summed E-state index contributed by atoms with van der Waals surface area (Å²) in [5.74, 6) is -3.14. The summed E-state index contributed by atoms with van der Waals surface area (Å²) >= 11 is 0. The predicted molar refractivity (Wildman–Crippen MR) is 92.8 cm³/mol. The summed E-state index contributed by atoms with van der Waals surface area (Å²) in [5, 5.41) is 54.9. The second kappa shape index (κ2) is 4.86. The van der Waals surface area contributed by atoms with Crippen molar-refractivity contribution in [3.63, 3.8) is 0 Å². The standard InChI is InChI=1S/C20H28O6/c1-9-5-13-18(24,15(9)22)7-11(8-21)6-12-14-17(3,4)20(14,26)16(23)10(2)19(12,13)25/h5-6,10,12-14,16,21,23-26H,7-8H2,1-4H3/t10-,12?,13-,14-,16-,18-,19-,20-/m1/s1. The number of carbonyl (C=O) groups is 1. The molecule has 0 amide bonds. The van der Waals surface area contributed by atoms with Gasteiger partial charge in [0.15, 0.2) is 5.78 Å². The summed E-state index contributed by atoms with van der Waals surface area (Å²) in [6.45, 7) is 6.63. The van der Waals surface area contributed by atoms with Crippen molar-refractivity contribution in [3.05, 3.63) is 23.3 Å². The molecule has 4 aliphatic rings. The number of ketones is 1. The summed E-state index contributed by atoms with van der Waals surface area (Å²) in [7, 11) is 0. The lowest BCUT2D eigenvalue weighted by atomic mass is 9.59. The third-order valence-corrected chi connectivity index (χ3v) is 8.04. The van der Waals surface area contributed by atoms with Gasteiger partial charge < -0.3 is 25.5 Å². The zero-order valence-electron chi connectivity index (χ0n) is 15.6. The van der Waals surface area contributed by atoms with Crippen molar-refractivity contribution in [2.75, 3.05) is 6.61 Å². The zero-order chi connectivity index (χ0) is 19.4. The number of hydrogen-bond acceptors (Lipinski definition) is 6. The van der Waals surface area contributed by atoms with Gasteiger partial charge in [-0.25, -0.2) is 0 Å². The molecule has 4 aliphatic carbocycles. The number of rotatable bonds is 1. The van der Waals surface area contributed by atoms with Crippen LogP contribution in [0.5, 0.6) is 0 Å². The first-order valence-corrected chi connectivity index (χ1v) is 9.27. The first-order chi connectivity index (χ1) is 11.9. The van der Waals surface area contributed by atoms with E-state index in [1.54, 1.807) is 26.0 Å². The fourth-order valence-electron chi connectivity index (χ4n) is 6.45. The average molecular weight is 364 g/mol. The average Bonchev–Trinajstić information content (AvgIpc) is 2.97. The predicted octanol–water partition coefficient (Wildman–Crippen LogP) is -0.0699. The summed E-state index contributed by atoms with van der Waals surface area (Å²) in [5.41, 5.74) is -4.57. The molecule has 0 heterocycles. The minimum atomic E-state index is -1.84. The lowest BCUT2D eigenvalue weighted by Crippen LogP contribution is -2.65. The highest BCUT2D eigenvalue weighted by Gasteiger charge is 2.84. The molecule has 2 fully saturated rings. The Bertz CT molecular complexity index is 753. The Balaban J connectivity index is 1.96. The van der Waals surface area contributed by atoms with E-state index in [-0.39, 0.29) is 13.0 Å². The maximum Gasteiger partial charge on any atom is 0.190 e. The van der Waals surface area contributed by atoms with Gasteiger partial charge in [-0.2, -0.15) is 0 Å². The number of Topliss-reactive ketones (excluding diaryl/α,β-unsaturated/α-hetero) is 1.